The number of aliphatic hydroxyl groups is 3. The number of hydrogen-bond donors (Lipinski definition) is 3. The number of hydrogen-bond acceptors (Lipinski definition) is 9. The summed E-state index contributed by atoms with van der Waals surface area (Å²) in [6.07, 6.45) is 2.78. The number of esters is 1. The lowest BCUT2D eigenvalue weighted by molar-refractivity contribution is -0.283. The molecule has 0 amide bonds. The molecular formula is C31H53NO8. The van der Waals surface area contributed by atoms with Crippen molar-refractivity contribution in [3.8, 4) is 0 Å². The highest BCUT2D eigenvalue weighted by molar-refractivity contribution is 5.91. The second-order valence-electron chi connectivity index (χ2n) is 12.2. The Morgan fingerprint density at radius 3 is 2.35 bits per heavy atom. The Balaban J connectivity index is 2.47. The highest BCUT2D eigenvalue weighted by Gasteiger charge is 2.43. The first-order valence-electron chi connectivity index (χ1n) is 14.8. The SMILES string of the molecule is CC[C@H]1OC(=O)C[C@@H](O)[C@H](C)[C@@H](O[C@@H]2O[C@H](C)C[C@H](N(C)C)[C@H]2O)[C@@H](CCO)C[C@@H](C)C(=O)/C=C\C(C)=C/[C@@H]1C. The second-order valence-corrected chi connectivity index (χ2v) is 12.2. The standard InChI is InChI=1S/C31H53NO8/c1-9-27-20(4)14-18(2)10-11-25(34)19(3)15-23(12-13-33)30(22(6)26(35)17-28(36)39-27)40-31-29(37)24(32(7)8)16-21(5)38-31/h10-11,14,19-24,26-27,29-31,33,35,37H,9,12-13,15-17H2,1-8H3/b11-10-,18-14-/t19-,20+,21-,22+,23+,24+,26-,27-,29-,30-,31+/m1/s1. The van der Waals surface area contributed by atoms with Crippen LogP contribution in [-0.4, -0.2) is 95.5 Å². The van der Waals surface area contributed by atoms with E-state index in [9.17, 15) is 24.9 Å². The molecule has 0 aromatic carbocycles. The van der Waals surface area contributed by atoms with Crippen LogP contribution in [-0.2, 0) is 23.8 Å². The molecule has 2 rings (SSSR count). The molecule has 9 heteroatoms. The van der Waals surface area contributed by atoms with Crippen LogP contribution in [0.15, 0.2) is 23.8 Å². The van der Waals surface area contributed by atoms with Crippen LogP contribution in [0.3, 0.4) is 0 Å². The number of aliphatic hydroxyl groups excluding tert-OH is 3. The van der Waals surface area contributed by atoms with Gasteiger partial charge in [0.2, 0.25) is 0 Å². The van der Waals surface area contributed by atoms with Crippen molar-refractivity contribution in [1.82, 2.24) is 4.90 Å². The van der Waals surface area contributed by atoms with Gasteiger partial charge >= 0.3 is 5.97 Å². The van der Waals surface area contributed by atoms with Crippen molar-refractivity contribution in [1.29, 1.82) is 0 Å². The fourth-order valence-corrected chi connectivity index (χ4v) is 5.94. The molecule has 2 aliphatic heterocycles. The number of carbonyl (C=O) groups is 2. The zero-order valence-electron chi connectivity index (χ0n) is 25.7. The molecular weight excluding hydrogens is 514 g/mol. The van der Waals surface area contributed by atoms with E-state index in [1.54, 1.807) is 19.1 Å². The third-order valence-corrected chi connectivity index (χ3v) is 8.48. The molecule has 11 atom stereocenters. The Hall–Kier alpha value is -1.62. The normalized spacial score (nSPS) is 41.3. The van der Waals surface area contributed by atoms with Gasteiger partial charge in [0.15, 0.2) is 12.1 Å². The predicted octanol–water partition coefficient (Wildman–Crippen LogP) is 3.25. The Labute approximate surface area is 240 Å². The molecule has 0 saturated carbocycles. The predicted molar refractivity (Wildman–Crippen MR) is 153 cm³/mol. The van der Waals surface area contributed by atoms with Crippen molar-refractivity contribution >= 4 is 11.8 Å². The van der Waals surface area contributed by atoms with Crippen molar-refractivity contribution in [2.75, 3.05) is 20.7 Å². The number of ketones is 1. The average Bonchev–Trinajstić information content (AvgIpc) is 2.88. The molecule has 0 aromatic heterocycles. The van der Waals surface area contributed by atoms with Gasteiger partial charge in [0.05, 0.1) is 24.7 Å². The number of cyclic esters (lactones) is 1. The maximum Gasteiger partial charge on any atom is 0.308 e. The third kappa shape index (κ3) is 9.74. The summed E-state index contributed by atoms with van der Waals surface area (Å²) < 4.78 is 18.3. The molecule has 0 bridgehead atoms. The summed E-state index contributed by atoms with van der Waals surface area (Å²) in [5.74, 6) is -1.92. The third-order valence-electron chi connectivity index (χ3n) is 8.48. The smallest absolute Gasteiger partial charge is 0.308 e. The lowest BCUT2D eigenvalue weighted by Gasteiger charge is -2.44. The van der Waals surface area contributed by atoms with E-state index in [4.69, 9.17) is 14.2 Å². The maximum atomic E-state index is 13.1. The first-order chi connectivity index (χ1) is 18.8. The fraction of sp³-hybridized carbons (Fsp3) is 0.806. The van der Waals surface area contributed by atoms with Crippen molar-refractivity contribution in [2.24, 2.45) is 23.7 Å². The number of carbonyl (C=O) groups excluding carboxylic acids is 2. The molecule has 0 unspecified atom stereocenters. The van der Waals surface area contributed by atoms with E-state index in [0.717, 1.165) is 5.57 Å². The summed E-state index contributed by atoms with van der Waals surface area (Å²) in [6.45, 7) is 11.2. The van der Waals surface area contributed by atoms with E-state index in [2.05, 4.69) is 0 Å². The summed E-state index contributed by atoms with van der Waals surface area (Å²) in [7, 11) is 3.79. The summed E-state index contributed by atoms with van der Waals surface area (Å²) >= 11 is 0. The van der Waals surface area contributed by atoms with E-state index in [1.165, 1.54) is 0 Å². The molecule has 2 heterocycles. The number of likely N-dealkylation sites (N-methyl/N-ethyl adjacent to an activating group) is 1. The maximum absolute atomic E-state index is 13.1. The van der Waals surface area contributed by atoms with Gasteiger partial charge < -0.3 is 34.4 Å². The van der Waals surface area contributed by atoms with E-state index >= 15 is 0 Å². The summed E-state index contributed by atoms with van der Waals surface area (Å²) in [4.78, 5) is 28.0. The average molecular weight is 568 g/mol. The van der Waals surface area contributed by atoms with Crippen molar-refractivity contribution in [3.63, 3.8) is 0 Å². The second kappa shape index (κ2) is 16.1. The van der Waals surface area contributed by atoms with Crippen LogP contribution < -0.4 is 0 Å². The Kier molecular flexibility index (Phi) is 13.9. The summed E-state index contributed by atoms with van der Waals surface area (Å²) in [5, 5.41) is 32.4. The van der Waals surface area contributed by atoms with Gasteiger partial charge in [-0.2, -0.15) is 0 Å². The highest BCUT2D eigenvalue weighted by atomic mass is 16.7. The molecule has 230 valence electrons. The van der Waals surface area contributed by atoms with Gasteiger partial charge in [-0.15, -0.1) is 0 Å². The van der Waals surface area contributed by atoms with Gasteiger partial charge in [-0.05, 0) is 65.6 Å². The Morgan fingerprint density at radius 1 is 1.07 bits per heavy atom. The zero-order chi connectivity index (χ0) is 30.1. The number of rotatable bonds is 6. The molecule has 1 saturated heterocycles. The largest absolute Gasteiger partial charge is 0.462 e. The minimum atomic E-state index is -1.11. The number of ether oxygens (including phenoxy) is 3. The first-order valence-corrected chi connectivity index (χ1v) is 14.8. The van der Waals surface area contributed by atoms with Gasteiger partial charge in [-0.1, -0.05) is 45.4 Å². The molecule has 0 radical (unpaired) electrons. The van der Waals surface area contributed by atoms with Gasteiger partial charge in [-0.3, -0.25) is 9.59 Å². The van der Waals surface area contributed by atoms with Crippen LogP contribution in [0.4, 0.5) is 0 Å². The van der Waals surface area contributed by atoms with Crippen LogP contribution in [0.1, 0.15) is 73.6 Å². The zero-order valence-corrected chi connectivity index (χ0v) is 25.7. The molecule has 9 nitrogen and oxygen atoms in total. The van der Waals surface area contributed by atoms with Crippen LogP contribution >= 0.6 is 0 Å². The molecule has 40 heavy (non-hydrogen) atoms. The Bertz CT molecular complexity index is 873. The molecule has 0 spiro atoms. The van der Waals surface area contributed by atoms with E-state index in [1.807, 2.05) is 59.7 Å². The van der Waals surface area contributed by atoms with Crippen LogP contribution in [0.25, 0.3) is 0 Å². The monoisotopic (exact) mass is 567 g/mol. The minimum Gasteiger partial charge on any atom is -0.462 e. The highest BCUT2D eigenvalue weighted by Crippen LogP contribution is 2.34. The number of nitrogens with zero attached hydrogens (tertiary/aromatic N) is 1. The molecule has 2 aliphatic rings. The molecule has 1 fully saturated rings. The lowest BCUT2D eigenvalue weighted by atomic mass is 9.79. The quantitative estimate of drug-likeness (QED) is 0.415. The van der Waals surface area contributed by atoms with E-state index in [0.29, 0.717) is 25.7 Å². The molecule has 3 N–H and O–H groups in total. The van der Waals surface area contributed by atoms with Crippen molar-refractivity contribution in [2.45, 2.75) is 116 Å². The van der Waals surface area contributed by atoms with Gasteiger partial charge in [0.25, 0.3) is 0 Å². The van der Waals surface area contributed by atoms with Crippen molar-refractivity contribution in [3.05, 3.63) is 23.8 Å². The van der Waals surface area contributed by atoms with Crippen molar-refractivity contribution < 1.29 is 39.1 Å². The molecule has 0 aromatic rings. The van der Waals surface area contributed by atoms with Gasteiger partial charge in [0, 0.05) is 30.4 Å². The van der Waals surface area contributed by atoms with Crippen LogP contribution in [0.2, 0.25) is 0 Å². The Morgan fingerprint density at radius 2 is 1.75 bits per heavy atom. The fourth-order valence-electron chi connectivity index (χ4n) is 5.94. The van der Waals surface area contributed by atoms with Gasteiger partial charge in [-0.25, -0.2) is 0 Å². The van der Waals surface area contributed by atoms with Crippen LogP contribution in [0.5, 0.6) is 0 Å². The minimum absolute atomic E-state index is 0.0453. The summed E-state index contributed by atoms with van der Waals surface area (Å²) in [5.41, 5.74) is 0.893. The lowest BCUT2D eigenvalue weighted by Crippen LogP contribution is -2.56. The van der Waals surface area contributed by atoms with E-state index < -0.39 is 36.5 Å². The number of allylic oxidation sites excluding steroid dienone is 3. The van der Waals surface area contributed by atoms with Gasteiger partial charge in [0.1, 0.15) is 12.2 Å². The summed E-state index contributed by atoms with van der Waals surface area (Å²) in [6, 6.07) is -0.193. The van der Waals surface area contributed by atoms with E-state index in [-0.39, 0.29) is 54.8 Å². The molecule has 0 aliphatic carbocycles. The van der Waals surface area contributed by atoms with Crippen LogP contribution in [0, 0.1) is 23.7 Å². The topological polar surface area (TPSA) is 126 Å². The first kappa shape index (κ1) is 34.6.